The van der Waals surface area contributed by atoms with E-state index in [1.54, 1.807) is 7.05 Å². The number of guanidine groups is 1. The average Bonchev–Trinajstić information content (AvgIpc) is 2.52. The lowest BCUT2D eigenvalue weighted by molar-refractivity contribution is -0.137. The summed E-state index contributed by atoms with van der Waals surface area (Å²) in [6.45, 7) is 6.76. The van der Waals surface area contributed by atoms with Gasteiger partial charge < -0.3 is 16.0 Å². The summed E-state index contributed by atoms with van der Waals surface area (Å²) in [7, 11) is 1.59. The highest BCUT2D eigenvalue weighted by molar-refractivity contribution is 14.0. The van der Waals surface area contributed by atoms with Crippen molar-refractivity contribution in [2.45, 2.75) is 33.5 Å². The Balaban J connectivity index is 0.00000625. The van der Waals surface area contributed by atoms with Crippen LogP contribution in [0.2, 0.25) is 0 Å². The number of hydrogen-bond donors (Lipinski definition) is 3. The number of hydrogen-bond acceptors (Lipinski definition) is 2. The van der Waals surface area contributed by atoms with Crippen LogP contribution in [-0.2, 0) is 17.5 Å². The number of rotatable bonds is 5. The summed E-state index contributed by atoms with van der Waals surface area (Å²) >= 11 is 0. The maximum atomic E-state index is 12.5. The van der Waals surface area contributed by atoms with E-state index < -0.39 is 17.2 Å². The highest BCUT2D eigenvalue weighted by Crippen LogP contribution is 2.28. The number of halogens is 4. The topological polar surface area (TPSA) is 65.5 Å². The largest absolute Gasteiger partial charge is 0.416 e. The SMILES string of the molecule is CN=C(NCCNC(=O)C(C)(C)C)NCc1ccc(C(F)(F)F)cc1.I. The number of alkyl halides is 3. The van der Waals surface area contributed by atoms with E-state index in [2.05, 4.69) is 20.9 Å². The van der Waals surface area contributed by atoms with Gasteiger partial charge in [0.25, 0.3) is 0 Å². The molecular weight excluding hydrogens is 460 g/mol. The molecule has 0 fully saturated rings. The maximum Gasteiger partial charge on any atom is 0.416 e. The molecule has 26 heavy (non-hydrogen) atoms. The van der Waals surface area contributed by atoms with Gasteiger partial charge in [0.2, 0.25) is 5.91 Å². The summed E-state index contributed by atoms with van der Waals surface area (Å²) < 4.78 is 37.6. The predicted octanol–water partition coefficient (Wildman–Crippen LogP) is 3.15. The van der Waals surface area contributed by atoms with E-state index in [-0.39, 0.29) is 29.9 Å². The zero-order valence-electron chi connectivity index (χ0n) is 15.3. The lowest BCUT2D eigenvalue weighted by Crippen LogP contribution is -2.43. The van der Waals surface area contributed by atoms with Gasteiger partial charge in [0, 0.05) is 32.1 Å². The summed E-state index contributed by atoms with van der Waals surface area (Å²) in [5, 5.41) is 8.84. The Hall–Kier alpha value is -1.52. The third kappa shape index (κ3) is 8.72. The fourth-order valence-corrected chi connectivity index (χ4v) is 1.84. The Morgan fingerprint density at radius 3 is 2.00 bits per heavy atom. The minimum absolute atomic E-state index is 0. The van der Waals surface area contributed by atoms with Crippen LogP contribution in [0.25, 0.3) is 0 Å². The van der Waals surface area contributed by atoms with Crippen LogP contribution in [0.4, 0.5) is 13.2 Å². The van der Waals surface area contributed by atoms with Crippen LogP contribution in [0.5, 0.6) is 0 Å². The van der Waals surface area contributed by atoms with Crippen molar-refractivity contribution in [2.24, 2.45) is 10.4 Å². The molecule has 1 rings (SSSR count). The Kier molecular flexibility index (Phi) is 9.97. The fraction of sp³-hybridized carbons (Fsp3) is 0.529. The molecule has 0 bridgehead atoms. The van der Waals surface area contributed by atoms with Gasteiger partial charge in [-0.3, -0.25) is 9.79 Å². The second-order valence-corrected chi connectivity index (χ2v) is 6.55. The van der Waals surface area contributed by atoms with Gasteiger partial charge in [0.15, 0.2) is 5.96 Å². The molecule has 0 radical (unpaired) electrons. The van der Waals surface area contributed by atoms with Gasteiger partial charge in [-0.1, -0.05) is 32.9 Å². The molecular formula is C17H26F3IN4O. The number of amides is 1. The van der Waals surface area contributed by atoms with Crippen LogP contribution >= 0.6 is 24.0 Å². The molecule has 0 saturated heterocycles. The third-order valence-corrected chi connectivity index (χ3v) is 3.35. The highest BCUT2D eigenvalue weighted by atomic mass is 127. The predicted molar refractivity (Wildman–Crippen MR) is 108 cm³/mol. The first-order valence-corrected chi connectivity index (χ1v) is 7.93. The van der Waals surface area contributed by atoms with Gasteiger partial charge in [-0.25, -0.2) is 0 Å². The molecule has 5 nitrogen and oxygen atoms in total. The molecule has 1 aromatic carbocycles. The van der Waals surface area contributed by atoms with Gasteiger partial charge in [0.05, 0.1) is 5.56 Å². The van der Waals surface area contributed by atoms with E-state index in [1.165, 1.54) is 12.1 Å². The molecule has 0 saturated carbocycles. The van der Waals surface area contributed by atoms with Crippen molar-refractivity contribution in [3.63, 3.8) is 0 Å². The van der Waals surface area contributed by atoms with E-state index >= 15 is 0 Å². The quantitative estimate of drug-likeness (QED) is 0.260. The van der Waals surface area contributed by atoms with Crippen LogP contribution < -0.4 is 16.0 Å². The average molecular weight is 486 g/mol. The molecule has 0 spiro atoms. The van der Waals surface area contributed by atoms with Gasteiger partial charge in [-0.05, 0) is 17.7 Å². The zero-order chi connectivity index (χ0) is 19.1. The molecule has 0 aromatic heterocycles. The number of benzene rings is 1. The van der Waals surface area contributed by atoms with Crippen molar-refractivity contribution in [3.05, 3.63) is 35.4 Å². The Bertz CT molecular complexity index is 596. The summed E-state index contributed by atoms with van der Waals surface area (Å²) in [6.07, 6.45) is -4.33. The van der Waals surface area contributed by atoms with Crippen LogP contribution in [0.1, 0.15) is 31.9 Å². The molecule has 1 amide bonds. The summed E-state index contributed by atoms with van der Waals surface area (Å²) in [5.74, 6) is 0.465. The van der Waals surface area contributed by atoms with Crippen molar-refractivity contribution in [1.82, 2.24) is 16.0 Å². The van der Waals surface area contributed by atoms with Gasteiger partial charge in [-0.2, -0.15) is 13.2 Å². The molecule has 9 heteroatoms. The summed E-state index contributed by atoms with van der Waals surface area (Å²) in [4.78, 5) is 15.7. The van der Waals surface area contributed by atoms with Crippen molar-refractivity contribution in [2.75, 3.05) is 20.1 Å². The number of aliphatic imine (C=N–C) groups is 1. The molecule has 3 N–H and O–H groups in total. The molecule has 0 unspecified atom stereocenters. The van der Waals surface area contributed by atoms with Crippen LogP contribution in [0.3, 0.4) is 0 Å². The standard InChI is InChI=1S/C17H25F3N4O.HI/c1-16(2,3)14(25)22-9-10-23-15(21-4)24-11-12-5-7-13(8-6-12)17(18,19)20;/h5-8H,9-11H2,1-4H3,(H,22,25)(H2,21,23,24);1H. The molecule has 0 aliphatic heterocycles. The number of nitrogens with zero attached hydrogens (tertiary/aromatic N) is 1. The second kappa shape index (κ2) is 10.6. The number of carbonyl (C=O) groups excluding carboxylic acids is 1. The smallest absolute Gasteiger partial charge is 0.355 e. The third-order valence-electron chi connectivity index (χ3n) is 3.35. The van der Waals surface area contributed by atoms with Crippen LogP contribution in [0, 0.1) is 5.41 Å². The van der Waals surface area contributed by atoms with Crippen LogP contribution in [-0.4, -0.2) is 32.0 Å². The van der Waals surface area contributed by atoms with E-state index in [4.69, 9.17) is 0 Å². The Morgan fingerprint density at radius 1 is 1.00 bits per heavy atom. The minimum Gasteiger partial charge on any atom is -0.355 e. The van der Waals surface area contributed by atoms with E-state index in [9.17, 15) is 18.0 Å². The van der Waals surface area contributed by atoms with Crippen molar-refractivity contribution in [1.29, 1.82) is 0 Å². The molecule has 0 heterocycles. The van der Waals surface area contributed by atoms with Crippen LogP contribution in [0.15, 0.2) is 29.3 Å². The lowest BCUT2D eigenvalue weighted by atomic mass is 9.96. The lowest BCUT2D eigenvalue weighted by Gasteiger charge is -2.18. The zero-order valence-corrected chi connectivity index (χ0v) is 17.7. The maximum absolute atomic E-state index is 12.5. The Morgan fingerprint density at radius 2 is 1.54 bits per heavy atom. The Labute approximate surface area is 169 Å². The first-order chi connectivity index (χ1) is 11.5. The fourth-order valence-electron chi connectivity index (χ4n) is 1.84. The highest BCUT2D eigenvalue weighted by Gasteiger charge is 2.29. The van der Waals surface area contributed by atoms with E-state index in [1.807, 2.05) is 20.8 Å². The number of carbonyl (C=O) groups is 1. The molecule has 0 atom stereocenters. The van der Waals surface area contributed by atoms with Crippen molar-refractivity contribution >= 4 is 35.8 Å². The molecule has 0 aliphatic rings. The van der Waals surface area contributed by atoms with Gasteiger partial charge in [0.1, 0.15) is 0 Å². The monoisotopic (exact) mass is 486 g/mol. The van der Waals surface area contributed by atoms with Crippen molar-refractivity contribution in [3.8, 4) is 0 Å². The molecule has 1 aromatic rings. The number of nitrogens with one attached hydrogen (secondary N) is 3. The first kappa shape index (κ1) is 24.5. The molecule has 148 valence electrons. The first-order valence-electron chi connectivity index (χ1n) is 7.93. The second-order valence-electron chi connectivity index (χ2n) is 6.55. The van der Waals surface area contributed by atoms with E-state index in [0.29, 0.717) is 31.2 Å². The normalized spacial score (nSPS) is 12.2. The summed E-state index contributed by atoms with van der Waals surface area (Å²) in [6, 6.07) is 4.95. The van der Waals surface area contributed by atoms with E-state index in [0.717, 1.165) is 12.1 Å². The van der Waals surface area contributed by atoms with Gasteiger partial charge >= 0.3 is 6.18 Å². The molecule has 0 aliphatic carbocycles. The summed E-state index contributed by atoms with van der Waals surface area (Å²) in [5.41, 5.74) is -0.409. The van der Waals surface area contributed by atoms with Crippen molar-refractivity contribution < 1.29 is 18.0 Å². The van der Waals surface area contributed by atoms with Gasteiger partial charge in [-0.15, -0.1) is 24.0 Å². The minimum atomic E-state index is -4.33.